The standard InChI is InChI=1S/2C8H8O3S.C3H8O2/c2*9-6-1-3-7(4-2-6)12-5-8(10)11;1-3(5)2-4/h2*1-4,9H,5H2,(H,10,11);3-5H,2H2,1H3. The molecule has 1 atom stereocenters. The first-order chi connectivity index (χ1) is 13.6. The van der Waals surface area contributed by atoms with E-state index in [0.717, 1.165) is 9.79 Å². The van der Waals surface area contributed by atoms with Crippen molar-refractivity contribution in [1.29, 1.82) is 0 Å². The number of benzene rings is 2. The number of phenolic OH excluding ortho intramolecular Hbond substituents is 2. The number of carboxylic acids is 2. The molecule has 0 aliphatic carbocycles. The third-order valence-corrected chi connectivity index (χ3v) is 4.66. The van der Waals surface area contributed by atoms with E-state index in [1.807, 2.05) is 0 Å². The number of rotatable bonds is 7. The number of hydrogen-bond donors (Lipinski definition) is 6. The first-order valence-electron chi connectivity index (χ1n) is 8.20. The molecule has 0 bridgehead atoms. The van der Waals surface area contributed by atoms with Crippen LogP contribution < -0.4 is 0 Å². The molecule has 0 radical (unpaired) electrons. The number of aliphatic hydroxyl groups excluding tert-OH is 2. The predicted molar refractivity (Wildman–Crippen MR) is 112 cm³/mol. The molecular formula is C19H24O8S2. The Hall–Kier alpha value is -2.40. The number of aliphatic carboxylic acids is 2. The Kier molecular flexibility index (Phi) is 14.2. The summed E-state index contributed by atoms with van der Waals surface area (Å²) in [6, 6.07) is 12.9. The normalized spacial score (nSPS) is 10.6. The van der Waals surface area contributed by atoms with Crippen molar-refractivity contribution in [2.45, 2.75) is 22.8 Å². The minimum Gasteiger partial charge on any atom is -0.508 e. The van der Waals surface area contributed by atoms with Gasteiger partial charge < -0.3 is 30.6 Å². The van der Waals surface area contributed by atoms with Crippen molar-refractivity contribution in [1.82, 2.24) is 0 Å². The molecule has 10 heteroatoms. The van der Waals surface area contributed by atoms with Crippen LogP contribution in [-0.2, 0) is 9.59 Å². The topological polar surface area (TPSA) is 156 Å². The number of phenols is 2. The molecule has 0 aliphatic heterocycles. The van der Waals surface area contributed by atoms with Gasteiger partial charge in [-0.15, -0.1) is 23.5 Å². The molecule has 0 amide bonds. The van der Waals surface area contributed by atoms with E-state index in [1.165, 1.54) is 54.7 Å². The van der Waals surface area contributed by atoms with Gasteiger partial charge in [0.2, 0.25) is 0 Å². The summed E-state index contributed by atoms with van der Waals surface area (Å²) in [6.45, 7) is 1.39. The first kappa shape index (κ1) is 26.6. The van der Waals surface area contributed by atoms with Gasteiger partial charge in [0.25, 0.3) is 0 Å². The van der Waals surface area contributed by atoms with Crippen molar-refractivity contribution in [3.63, 3.8) is 0 Å². The summed E-state index contributed by atoms with van der Waals surface area (Å²) in [5, 5.41) is 50.5. The maximum absolute atomic E-state index is 10.2. The van der Waals surface area contributed by atoms with Crippen molar-refractivity contribution in [2.75, 3.05) is 18.1 Å². The molecule has 2 rings (SSSR count). The molecule has 29 heavy (non-hydrogen) atoms. The molecule has 0 heterocycles. The number of carbonyl (C=O) groups is 2. The largest absolute Gasteiger partial charge is 0.508 e. The van der Waals surface area contributed by atoms with E-state index < -0.39 is 18.0 Å². The second-order valence-corrected chi connectivity index (χ2v) is 7.48. The Morgan fingerprint density at radius 3 is 1.28 bits per heavy atom. The van der Waals surface area contributed by atoms with E-state index in [1.54, 1.807) is 24.3 Å². The monoisotopic (exact) mass is 444 g/mol. The zero-order valence-electron chi connectivity index (χ0n) is 15.6. The van der Waals surface area contributed by atoms with Crippen LogP contribution in [0.3, 0.4) is 0 Å². The summed E-state index contributed by atoms with van der Waals surface area (Å²) >= 11 is 2.45. The van der Waals surface area contributed by atoms with Gasteiger partial charge in [-0.3, -0.25) is 9.59 Å². The highest BCUT2D eigenvalue weighted by atomic mass is 32.2. The zero-order chi connectivity index (χ0) is 22.2. The van der Waals surface area contributed by atoms with Gasteiger partial charge in [0.1, 0.15) is 11.5 Å². The third-order valence-electron chi connectivity index (χ3n) is 2.66. The van der Waals surface area contributed by atoms with Crippen molar-refractivity contribution in [3.05, 3.63) is 48.5 Å². The summed E-state index contributed by atoms with van der Waals surface area (Å²) in [6.07, 6.45) is -0.560. The smallest absolute Gasteiger partial charge is 0.313 e. The van der Waals surface area contributed by atoms with E-state index in [0.29, 0.717) is 0 Å². The fourth-order valence-corrected chi connectivity index (χ4v) is 2.61. The molecule has 1 unspecified atom stereocenters. The van der Waals surface area contributed by atoms with Crippen LogP contribution in [0.4, 0.5) is 0 Å². The molecule has 0 fully saturated rings. The fraction of sp³-hybridized carbons (Fsp3) is 0.263. The average Bonchev–Trinajstić information content (AvgIpc) is 2.68. The van der Waals surface area contributed by atoms with Crippen molar-refractivity contribution >= 4 is 35.5 Å². The lowest BCUT2D eigenvalue weighted by Gasteiger charge is -1.97. The highest BCUT2D eigenvalue weighted by Crippen LogP contribution is 2.20. The molecule has 8 nitrogen and oxygen atoms in total. The number of aliphatic hydroxyl groups is 2. The predicted octanol–water partition coefficient (Wildman–Crippen LogP) is 2.50. The number of hydrogen-bond acceptors (Lipinski definition) is 8. The van der Waals surface area contributed by atoms with Crippen molar-refractivity contribution in [2.24, 2.45) is 0 Å². The Bertz CT molecular complexity index is 658. The SMILES string of the molecule is CC(O)CO.O=C(O)CSc1ccc(O)cc1.O=C(O)CSc1ccc(O)cc1. The Labute approximate surface area is 176 Å². The summed E-state index contributed by atoms with van der Waals surface area (Å²) in [5.74, 6) is -1.21. The fourth-order valence-electron chi connectivity index (χ4n) is 1.37. The van der Waals surface area contributed by atoms with Gasteiger partial charge in [0, 0.05) is 9.79 Å². The molecule has 0 spiro atoms. The van der Waals surface area contributed by atoms with Gasteiger partial charge >= 0.3 is 11.9 Å². The highest BCUT2D eigenvalue weighted by Gasteiger charge is 1.99. The number of aromatic hydroxyl groups is 2. The Morgan fingerprint density at radius 1 is 0.793 bits per heavy atom. The minimum atomic E-state index is -0.840. The van der Waals surface area contributed by atoms with E-state index in [-0.39, 0.29) is 29.6 Å². The lowest BCUT2D eigenvalue weighted by Crippen LogP contribution is -2.03. The maximum Gasteiger partial charge on any atom is 0.313 e. The molecular weight excluding hydrogens is 420 g/mol. The van der Waals surface area contributed by atoms with E-state index in [9.17, 15) is 9.59 Å². The summed E-state index contributed by atoms with van der Waals surface area (Å²) in [7, 11) is 0. The lowest BCUT2D eigenvalue weighted by atomic mass is 10.3. The molecule has 0 aromatic heterocycles. The van der Waals surface area contributed by atoms with Crippen LogP contribution in [0, 0.1) is 0 Å². The Balaban J connectivity index is 0.000000442. The second-order valence-electron chi connectivity index (χ2n) is 5.38. The lowest BCUT2D eigenvalue weighted by molar-refractivity contribution is -0.134. The summed E-state index contributed by atoms with van der Waals surface area (Å²) in [4.78, 5) is 22.0. The van der Waals surface area contributed by atoms with E-state index in [2.05, 4.69) is 0 Å². The van der Waals surface area contributed by atoms with Gasteiger partial charge in [0.15, 0.2) is 0 Å². The highest BCUT2D eigenvalue weighted by molar-refractivity contribution is 8.00. The summed E-state index contributed by atoms with van der Waals surface area (Å²) in [5.41, 5.74) is 0. The molecule has 0 saturated heterocycles. The maximum atomic E-state index is 10.2. The van der Waals surface area contributed by atoms with Crippen LogP contribution in [0.15, 0.2) is 58.3 Å². The molecule has 160 valence electrons. The molecule has 6 N–H and O–H groups in total. The number of carboxylic acid groups (broad SMARTS) is 2. The van der Waals surface area contributed by atoms with Crippen molar-refractivity contribution in [3.8, 4) is 11.5 Å². The third kappa shape index (κ3) is 16.3. The minimum absolute atomic E-state index is 0.0464. The molecule has 0 aliphatic rings. The van der Waals surface area contributed by atoms with Gasteiger partial charge in [0.05, 0.1) is 24.2 Å². The summed E-state index contributed by atoms with van der Waals surface area (Å²) < 4.78 is 0. The Morgan fingerprint density at radius 2 is 1.07 bits per heavy atom. The van der Waals surface area contributed by atoms with Crippen LogP contribution in [0.25, 0.3) is 0 Å². The van der Waals surface area contributed by atoms with Crippen LogP contribution in [0.1, 0.15) is 6.92 Å². The quantitative estimate of drug-likeness (QED) is 0.351. The van der Waals surface area contributed by atoms with Crippen LogP contribution in [0.2, 0.25) is 0 Å². The zero-order valence-corrected chi connectivity index (χ0v) is 17.3. The van der Waals surface area contributed by atoms with E-state index >= 15 is 0 Å². The molecule has 0 saturated carbocycles. The first-order valence-corrected chi connectivity index (χ1v) is 10.2. The average molecular weight is 445 g/mol. The molecule has 2 aromatic carbocycles. The van der Waals surface area contributed by atoms with E-state index in [4.69, 9.17) is 30.6 Å². The van der Waals surface area contributed by atoms with Crippen LogP contribution in [-0.4, -0.2) is 66.8 Å². The molecule has 2 aromatic rings. The van der Waals surface area contributed by atoms with Gasteiger partial charge in [-0.1, -0.05) is 0 Å². The van der Waals surface area contributed by atoms with Gasteiger partial charge in [-0.2, -0.15) is 0 Å². The van der Waals surface area contributed by atoms with Crippen LogP contribution in [0.5, 0.6) is 11.5 Å². The van der Waals surface area contributed by atoms with Gasteiger partial charge in [-0.25, -0.2) is 0 Å². The van der Waals surface area contributed by atoms with Crippen molar-refractivity contribution < 1.29 is 40.2 Å². The number of thioether (sulfide) groups is 2. The second kappa shape index (κ2) is 15.5. The van der Waals surface area contributed by atoms with Gasteiger partial charge in [-0.05, 0) is 55.5 Å². The van der Waals surface area contributed by atoms with Crippen LogP contribution >= 0.6 is 23.5 Å².